The zero-order valence-corrected chi connectivity index (χ0v) is 12.8. The quantitative estimate of drug-likeness (QED) is 0.885. The van der Waals surface area contributed by atoms with Crippen LogP contribution >= 0.6 is 0 Å². The lowest BCUT2D eigenvalue weighted by atomic mass is 10.1. The average Bonchev–Trinajstić information content (AvgIpc) is 2.54. The van der Waals surface area contributed by atoms with Crippen LogP contribution in [-0.4, -0.2) is 24.2 Å². The van der Waals surface area contributed by atoms with Gasteiger partial charge in [-0.15, -0.1) is 0 Å². The van der Waals surface area contributed by atoms with E-state index in [-0.39, 0.29) is 6.61 Å². The summed E-state index contributed by atoms with van der Waals surface area (Å²) in [6, 6.07) is 11.7. The SMILES string of the molecule is CCCc1cc(CO)cc(N(C)c2ccc(OC)cc2)n1. The Morgan fingerprint density at radius 1 is 1.19 bits per heavy atom. The summed E-state index contributed by atoms with van der Waals surface area (Å²) in [7, 11) is 3.63. The lowest BCUT2D eigenvalue weighted by Crippen LogP contribution is -2.12. The first-order valence-electron chi connectivity index (χ1n) is 7.16. The van der Waals surface area contributed by atoms with E-state index in [0.29, 0.717) is 0 Å². The van der Waals surface area contributed by atoms with Gasteiger partial charge in [-0.25, -0.2) is 4.98 Å². The van der Waals surface area contributed by atoms with Crippen LogP contribution in [0.4, 0.5) is 11.5 Å². The van der Waals surface area contributed by atoms with Crippen molar-refractivity contribution in [1.82, 2.24) is 4.98 Å². The number of hydrogen-bond acceptors (Lipinski definition) is 4. The molecule has 0 fully saturated rings. The van der Waals surface area contributed by atoms with Crippen molar-refractivity contribution in [3.8, 4) is 5.75 Å². The highest BCUT2D eigenvalue weighted by Gasteiger charge is 2.09. The number of anilines is 2. The minimum Gasteiger partial charge on any atom is -0.497 e. The normalized spacial score (nSPS) is 10.5. The Balaban J connectivity index is 2.31. The highest BCUT2D eigenvalue weighted by atomic mass is 16.5. The van der Waals surface area contributed by atoms with Gasteiger partial charge in [-0.3, -0.25) is 0 Å². The van der Waals surface area contributed by atoms with Crippen LogP contribution in [0.5, 0.6) is 5.75 Å². The molecule has 1 aromatic heterocycles. The van der Waals surface area contributed by atoms with Gasteiger partial charge in [-0.1, -0.05) is 13.3 Å². The molecule has 2 rings (SSSR count). The predicted molar refractivity (Wildman–Crippen MR) is 85.2 cm³/mol. The first-order chi connectivity index (χ1) is 10.2. The minimum atomic E-state index is 0.0304. The van der Waals surface area contributed by atoms with Crippen molar-refractivity contribution in [3.05, 3.63) is 47.7 Å². The van der Waals surface area contributed by atoms with E-state index in [2.05, 4.69) is 11.9 Å². The number of aromatic nitrogens is 1. The van der Waals surface area contributed by atoms with Crippen LogP contribution in [0.1, 0.15) is 24.6 Å². The molecule has 0 atom stereocenters. The molecule has 4 heteroatoms. The van der Waals surface area contributed by atoms with E-state index in [4.69, 9.17) is 4.74 Å². The third-order valence-corrected chi connectivity index (χ3v) is 3.42. The molecule has 0 spiro atoms. The number of hydrogen-bond donors (Lipinski definition) is 1. The molecular formula is C17H22N2O2. The zero-order chi connectivity index (χ0) is 15.2. The van der Waals surface area contributed by atoms with Gasteiger partial charge in [0, 0.05) is 18.4 Å². The highest BCUT2D eigenvalue weighted by Crippen LogP contribution is 2.25. The summed E-state index contributed by atoms with van der Waals surface area (Å²) in [4.78, 5) is 6.69. The molecule has 1 aromatic carbocycles. The molecule has 0 aliphatic carbocycles. The second-order valence-electron chi connectivity index (χ2n) is 4.99. The maximum Gasteiger partial charge on any atom is 0.133 e. The largest absolute Gasteiger partial charge is 0.497 e. The van der Waals surface area contributed by atoms with E-state index in [1.54, 1.807) is 7.11 Å². The zero-order valence-electron chi connectivity index (χ0n) is 12.8. The predicted octanol–water partition coefficient (Wildman–Crippen LogP) is 3.30. The molecule has 0 saturated heterocycles. The van der Waals surface area contributed by atoms with Crippen LogP contribution in [0, 0.1) is 0 Å². The number of benzene rings is 1. The minimum absolute atomic E-state index is 0.0304. The molecule has 4 nitrogen and oxygen atoms in total. The fourth-order valence-corrected chi connectivity index (χ4v) is 2.22. The van der Waals surface area contributed by atoms with Crippen molar-refractivity contribution < 1.29 is 9.84 Å². The molecule has 0 amide bonds. The van der Waals surface area contributed by atoms with E-state index in [1.165, 1.54) is 0 Å². The number of aliphatic hydroxyl groups excluding tert-OH is 1. The molecule has 0 aliphatic heterocycles. The number of nitrogens with zero attached hydrogens (tertiary/aromatic N) is 2. The van der Waals surface area contributed by atoms with Crippen molar-refractivity contribution in [2.75, 3.05) is 19.1 Å². The van der Waals surface area contributed by atoms with E-state index >= 15 is 0 Å². The van der Waals surface area contributed by atoms with Gasteiger partial charge in [-0.2, -0.15) is 0 Å². The Morgan fingerprint density at radius 2 is 1.90 bits per heavy atom. The number of rotatable bonds is 6. The smallest absolute Gasteiger partial charge is 0.133 e. The van der Waals surface area contributed by atoms with E-state index in [0.717, 1.165) is 41.4 Å². The number of ether oxygens (including phenoxy) is 1. The number of methoxy groups -OCH3 is 1. The Labute approximate surface area is 126 Å². The van der Waals surface area contributed by atoms with Gasteiger partial charge in [0.25, 0.3) is 0 Å². The molecule has 21 heavy (non-hydrogen) atoms. The second kappa shape index (κ2) is 7.09. The Hall–Kier alpha value is -2.07. The van der Waals surface area contributed by atoms with Crippen molar-refractivity contribution in [3.63, 3.8) is 0 Å². The van der Waals surface area contributed by atoms with Crippen LogP contribution in [0.25, 0.3) is 0 Å². The van der Waals surface area contributed by atoms with Gasteiger partial charge in [0.05, 0.1) is 13.7 Å². The summed E-state index contributed by atoms with van der Waals surface area (Å²) in [5.41, 5.74) is 2.93. The summed E-state index contributed by atoms with van der Waals surface area (Å²) >= 11 is 0. The molecule has 0 radical (unpaired) electrons. The van der Waals surface area contributed by atoms with Crippen LogP contribution in [0.2, 0.25) is 0 Å². The molecule has 0 saturated carbocycles. The number of pyridine rings is 1. The molecule has 0 bridgehead atoms. The standard InChI is InChI=1S/C17H22N2O2/c1-4-5-14-10-13(12-20)11-17(18-14)19(2)15-6-8-16(21-3)9-7-15/h6-11,20H,4-5,12H2,1-3H3. The summed E-state index contributed by atoms with van der Waals surface area (Å²) in [5.74, 6) is 1.67. The summed E-state index contributed by atoms with van der Waals surface area (Å²) < 4.78 is 5.17. The van der Waals surface area contributed by atoms with Crippen molar-refractivity contribution in [2.24, 2.45) is 0 Å². The number of aliphatic hydroxyl groups is 1. The molecule has 112 valence electrons. The monoisotopic (exact) mass is 286 g/mol. The number of aryl methyl sites for hydroxylation is 1. The van der Waals surface area contributed by atoms with E-state index in [9.17, 15) is 5.11 Å². The van der Waals surface area contributed by atoms with E-state index in [1.807, 2.05) is 48.3 Å². The lowest BCUT2D eigenvalue weighted by molar-refractivity contribution is 0.281. The second-order valence-corrected chi connectivity index (χ2v) is 4.99. The van der Waals surface area contributed by atoms with Crippen molar-refractivity contribution in [2.45, 2.75) is 26.4 Å². The van der Waals surface area contributed by atoms with Crippen LogP contribution < -0.4 is 9.64 Å². The van der Waals surface area contributed by atoms with Crippen LogP contribution in [0.15, 0.2) is 36.4 Å². The first-order valence-corrected chi connectivity index (χ1v) is 7.16. The average molecular weight is 286 g/mol. The maximum absolute atomic E-state index is 9.41. The third kappa shape index (κ3) is 3.73. The molecular weight excluding hydrogens is 264 g/mol. The summed E-state index contributed by atoms with van der Waals surface area (Å²) in [5, 5.41) is 9.41. The Bertz CT molecular complexity index is 582. The fraction of sp³-hybridized carbons (Fsp3) is 0.353. The molecule has 1 N–H and O–H groups in total. The van der Waals surface area contributed by atoms with Gasteiger partial charge in [0.1, 0.15) is 11.6 Å². The summed E-state index contributed by atoms with van der Waals surface area (Å²) in [6.45, 7) is 2.16. The van der Waals surface area contributed by atoms with Gasteiger partial charge in [0.15, 0.2) is 0 Å². The van der Waals surface area contributed by atoms with Crippen LogP contribution in [0.3, 0.4) is 0 Å². The van der Waals surface area contributed by atoms with Crippen molar-refractivity contribution in [1.29, 1.82) is 0 Å². The van der Waals surface area contributed by atoms with Gasteiger partial charge in [-0.05, 0) is 48.4 Å². The first kappa shape index (κ1) is 15.3. The maximum atomic E-state index is 9.41. The van der Waals surface area contributed by atoms with Gasteiger partial charge < -0.3 is 14.7 Å². The molecule has 0 unspecified atom stereocenters. The van der Waals surface area contributed by atoms with Gasteiger partial charge >= 0.3 is 0 Å². The Kier molecular flexibility index (Phi) is 5.17. The fourth-order valence-electron chi connectivity index (χ4n) is 2.22. The van der Waals surface area contributed by atoms with Crippen molar-refractivity contribution >= 4 is 11.5 Å². The van der Waals surface area contributed by atoms with Crippen LogP contribution in [-0.2, 0) is 13.0 Å². The third-order valence-electron chi connectivity index (χ3n) is 3.42. The lowest BCUT2D eigenvalue weighted by Gasteiger charge is -2.20. The topological polar surface area (TPSA) is 45.6 Å². The highest BCUT2D eigenvalue weighted by molar-refractivity contribution is 5.60. The molecule has 1 heterocycles. The molecule has 0 aliphatic rings. The van der Waals surface area contributed by atoms with E-state index < -0.39 is 0 Å². The molecule has 2 aromatic rings. The summed E-state index contributed by atoms with van der Waals surface area (Å²) in [6.07, 6.45) is 1.95. The Morgan fingerprint density at radius 3 is 2.48 bits per heavy atom. The van der Waals surface area contributed by atoms with Gasteiger partial charge in [0.2, 0.25) is 0 Å².